The van der Waals surface area contributed by atoms with Gasteiger partial charge >= 0.3 is 0 Å². The van der Waals surface area contributed by atoms with Crippen LogP contribution in [-0.2, 0) is 0 Å². The lowest BCUT2D eigenvalue weighted by molar-refractivity contribution is -0.163. The fourth-order valence-corrected chi connectivity index (χ4v) is 3.18. The maximum absolute atomic E-state index is 9.11. The molecule has 3 aliphatic rings. The van der Waals surface area contributed by atoms with Gasteiger partial charge in [-0.1, -0.05) is 15.9 Å². The average molecular weight is 163 g/mol. The second-order valence-corrected chi connectivity index (χ2v) is 4.59. The predicted octanol–water partition coefficient (Wildman–Crippen LogP) is 1.05. The van der Waals surface area contributed by atoms with E-state index in [0.717, 1.165) is 19.3 Å². The summed E-state index contributed by atoms with van der Waals surface area (Å²) >= 11 is 3.51. The molecule has 0 atom stereocenters. The van der Waals surface area contributed by atoms with Crippen LogP contribution >= 0.6 is 15.9 Å². The van der Waals surface area contributed by atoms with E-state index in [-0.39, 0.29) is 5.60 Å². The van der Waals surface area contributed by atoms with Gasteiger partial charge in [-0.25, -0.2) is 0 Å². The highest BCUT2D eigenvalue weighted by molar-refractivity contribution is 9.10. The highest BCUT2D eigenvalue weighted by atomic mass is 79.9. The summed E-state index contributed by atoms with van der Waals surface area (Å²) in [5.74, 6) is 0. The van der Waals surface area contributed by atoms with E-state index >= 15 is 0 Å². The van der Waals surface area contributed by atoms with E-state index in [9.17, 15) is 0 Å². The van der Waals surface area contributed by atoms with Gasteiger partial charge in [0, 0.05) is 4.32 Å². The average Bonchev–Trinajstić information content (AvgIpc) is 1.27. The van der Waals surface area contributed by atoms with Crippen LogP contribution in [0.4, 0.5) is 0 Å². The van der Waals surface area contributed by atoms with Crippen molar-refractivity contribution >= 4 is 15.9 Å². The van der Waals surface area contributed by atoms with Crippen LogP contribution in [0.5, 0.6) is 0 Å². The van der Waals surface area contributed by atoms with Gasteiger partial charge in [0.15, 0.2) is 0 Å². The lowest BCUT2D eigenvalue weighted by Crippen LogP contribution is -2.68. The summed E-state index contributed by atoms with van der Waals surface area (Å²) in [6.45, 7) is 0. The third kappa shape index (κ3) is 0.373. The molecular weight excluding hydrogens is 156 g/mol. The van der Waals surface area contributed by atoms with Crippen molar-refractivity contribution in [3.05, 3.63) is 0 Å². The normalized spacial score (nSPS) is 66.0. The molecule has 3 fully saturated rings. The molecule has 0 aromatic carbocycles. The summed E-state index contributed by atoms with van der Waals surface area (Å²) in [5, 5.41) is 9.11. The van der Waals surface area contributed by atoms with E-state index in [2.05, 4.69) is 15.9 Å². The Morgan fingerprint density at radius 2 is 1.71 bits per heavy atom. The zero-order valence-corrected chi connectivity index (χ0v) is 5.53. The number of hydrogen-bond acceptors (Lipinski definition) is 1. The Hall–Kier alpha value is 0.440. The number of rotatable bonds is 0. The molecule has 0 heterocycles. The van der Waals surface area contributed by atoms with Crippen LogP contribution in [0, 0.1) is 0 Å². The van der Waals surface area contributed by atoms with Crippen LogP contribution in [0.3, 0.4) is 0 Å². The minimum absolute atomic E-state index is 0.219. The number of halogens is 1. The lowest BCUT2D eigenvalue weighted by atomic mass is 9.52. The maximum atomic E-state index is 9.11. The van der Waals surface area contributed by atoms with Crippen LogP contribution in [0.2, 0.25) is 0 Å². The predicted molar refractivity (Wildman–Crippen MR) is 30.5 cm³/mol. The number of alkyl halides is 1. The van der Waals surface area contributed by atoms with Crippen molar-refractivity contribution in [1.29, 1.82) is 0 Å². The number of hydrogen-bond donors (Lipinski definition) is 1. The van der Waals surface area contributed by atoms with Crippen LogP contribution in [-0.4, -0.2) is 15.0 Å². The molecule has 0 aromatic heterocycles. The van der Waals surface area contributed by atoms with E-state index in [4.69, 9.17) is 5.11 Å². The van der Waals surface area contributed by atoms with E-state index in [1.54, 1.807) is 0 Å². The summed E-state index contributed by atoms with van der Waals surface area (Å²) < 4.78 is 0.391. The summed E-state index contributed by atoms with van der Waals surface area (Å²) in [7, 11) is 0. The van der Waals surface area contributed by atoms with E-state index in [1.165, 1.54) is 0 Å². The summed E-state index contributed by atoms with van der Waals surface area (Å²) in [6.07, 6.45) is 2.96. The molecule has 2 bridgehead atoms. The zero-order chi connectivity index (χ0) is 5.12. The minimum atomic E-state index is -0.219. The first-order valence-corrected chi connectivity index (χ1v) is 3.33. The van der Waals surface area contributed by atoms with E-state index < -0.39 is 0 Å². The topological polar surface area (TPSA) is 20.2 Å². The maximum Gasteiger partial charge on any atom is 0.0688 e. The quantitative estimate of drug-likeness (QED) is 0.529. The van der Waals surface area contributed by atoms with Gasteiger partial charge in [0.05, 0.1) is 5.60 Å². The Morgan fingerprint density at radius 3 is 1.71 bits per heavy atom. The van der Waals surface area contributed by atoms with Crippen LogP contribution in [0.25, 0.3) is 0 Å². The molecule has 0 amide bonds. The Labute approximate surface area is 50.8 Å². The summed E-state index contributed by atoms with van der Waals surface area (Å²) in [4.78, 5) is 0. The van der Waals surface area contributed by atoms with Crippen molar-refractivity contribution < 1.29 is 5.11 Å². The van der Waals surface area contributed by atoms with E-state index in [0.29, 0.717) is 4.32 Å². The molecule has 1 nitrogen and oxygen atoms in total. The van der Waals surface area contributed by atoms with Crippen molar-refractivity contribution in [2.24, 2.45) is 0 Å². The van der Waals surface area contributed by atoms with Gasteiger partial charge in [0.2, 0.25) is 0 Å². The van der Waals surface area contributed by atoms with Gasteiger partial charge in [-0.2, -0.15) is 0 Å². The fourth-order valence-electron chi connectivity index (χ4n) is 1.61. The van der Waals surface area contributed by atoms with Crippen molar-refractivity contribution in [3.8, 4) is 0 Å². The van der Waals surface area contributed by atoms with Gasteiger partial charge in [-0.15, -0.1) is 0 Å². The molecule has 0 saturated heterocycles. The Balaban J connectivity index is 2.16. The molecule has 7 heavy (non-hydrogen) atoms. The van der Waals surface area contributed by atoms with Crippen molar-refractivity contribution in [2.75, 3.05) is 0 Å². The first-order valence-electron chi connectivity index (χ1n) is 2.53. The third-order valence-corrected chi connectivity index (χ3v) is 2.78. The van der Waals surface area contributed by atoms with Crippen molar-refractivity contribution in [3.63, 3.8) is 0 Å². The van der Waals surface area contributed by atoms with Gasteiger partial charge in [-0.05, 0) is 19.3 Å². The first-order chi connectivity index (χ1) is 3.12. The second-order valence-electron chi connectivity index (χ2n) is 2.91. The fraction of sp³-hybridized carbons (Fsp3) is 1.00. The van der Waals surface area contributed by atoms with Gasteiger partial charge in [0.1, 0.15) is 0 Å². The summed E-state index contributed by atoms with van der Waals surface area (Å²) in [5.41, 5.74) is -0.219. The molecule has 0 aromatic rings. The molecule has 0 unspecified atom stereocenters. The molecule has 2 heteroatoms. The molecule has 3 saturated carbocycles. The Bertz CT molecular complexity index is 89.5. The largest absolute Gasteiger partial charge is 0.390 e. The number of aliphatic hydroxyl groups is 1. The Morgan fingerprint density at radius 1 is 1.29 bits per heavy atom. The SMILES string of the molecule is OC12CC(Br)(C1)C2. The lowest BCUT2D eigenvalue weighted by Gasteiger charge is -2.64. The molecule has 0 spiro atoms. The molecule has 3 aliphatic carbocycles. The zero-order valence-electron chi connectivity index (χ0n) is 3.95. The molecular formula is C5H7BrO. The van der Waals surface area contributed by atoms with Crippen LogP contribution in [0.15, 0.2) is 0 Å². The molecule has 0 radical (unpaired) electrons. The van der Waals surface area contributed by atoms with Gasteiger partial charge in [-0.3, -0.25) is 0 Å². The molecule has 3 rings (SSSR count). The van der Waals surface area contributed by atoms with Crippen molar-refractivity contribution in [2.45, 2.75) is 29.2 Å². The molecule has 0 aliphatic heterocycles. The monoisotopic (exact) mass is 162 g/mol. The highest BCUT2D eigenvalue weighted by Gasteiger charge is 2.66. The Kier molecular flexibility index (Phi) is 0.495. The highest BCUT2D eigenvalue weighted by Crippen LogP contribution is 2.65. The smallest absolute Gasteiger partial charge is 0.0688 e. The molecule has 1 N–H and O–H groups in total. The van der Waals surface area contributed by atoms with Gasteiger partial charge < -0.3 is 5.11 Å². The standard InChI is InChI=1S/C5H7BrO/c6-4-1-5(7,2-4)3-4/h7H,1-3H2. The third-order valence-electron chi connectivity index (χ3n) is 1.94. The summed E-state index contributed by atoms with van der Waals surface area (Å²) in [6, 6.07) is 0. The minimum Gasteiger partial charge on any atom is -0.390 e. The van der Waals surface area contributed by atoms with Crippen LogP contribution < -0.4 is 0 Å². The molecule has 40 valence electrons. The van der Waals surface area contributed by atoms with Crippen molar-refractivity contribution in [1.82, 2.24) is 0 Å². The second kappa shape index (κ2) is 0.799. The van der Waals surface area contributed by atoms with Crippen LogP contribution in [0.1, 0.15) is 19.3 Å². The van der Waals surface area contributed by atoms with E-state index in [1.807, 2.05) is 0 Å². The first kappa shape index (κ1) is 4.33. The van der Waals surface area contributed by atoms with Gasteiger partial charge in [0.25, 0.3) is 0 Å².